The molecule has 3 aromatic rings. The summed E-state index contributed by atoms with van der Waals surface area (Å²) in [6, 6.07) is 13.3. The fourth-order valence-electron chi connectivity index (χ4n) is 2.48. The molecule has 0 aliphatic carbocycles. The summed E-state index contributed by atoms with van der Waals surface area (Å²) in [5.41, 5.74) is 4.70. The van der Waals surface area contributed by atoms with Gasteiger partial charge in [-0.2, -0.15) is 10.1 Å². The van der Waals surface area contributed by atoms with Crippen molar-refractivity contribution < 1.29 is 4.79 Å². The van der Waals surface area contributed by atoms with Gasteiger partial charge in [0.25, 0.3) is 0 Å². The monoisotopic (exact) mass is 333 g/mol. The molecule has 6 heteroatoms. The number of anilines is 4. The molecular weight excluding hydrogens is 314 g/mol. The zero-order valence-corrected chi connectivity index (χ0v) is 14.4. The zero-order chi connectivity index (χ0) is 17.8. The van der Waals surface area contributed by atoms with Gasteiger partial charge in [-0.1, -0.05) is 18.2 Å². The largest absolute Gasteiger partial charge is 0.339 e. The van der Waals surface area contributed by atoms with Gasteiger partial charge < -0.3 is 10.6 Å². The molecule has 1 heterocycles. The molecule has 0 bridgehead atoms. The van der Waals surface area contributed by atoms with Crippen LogP contribution in [0.4, 0.5) is 23.1 Å². The third-order valence-electron chi connectivity index (χ3n) is 3.84. The lowest BCUT2D eigenvalue weighted by Crippen LogP contribution is -2.04. The van der Waals surface area contributed by atoms with Crippen LogP contribution < -0.4 is 10.6 Å². The van der Waals surface area contributed by atoms with Gasteiger partial charge in [0.05, 0.1) is 6.20 Å². The molecule has 0 amide bonds. The number of nitrogens with zero attached hydrogens (tertiary/aromatic N) is 3. The van der Waals surface area contributed by atoms with E-state index < -0.39 is 0 Å². The van der Waals surface area contributed by atoms with Crippen molar-refractivity contribution in [3.63, 3.8) is 0 Å². The minimum Gasteiger partial charge on any atom is -0.339 e. The van der Waals surface area contributed by atoms with E-state index in [1.807, 2.05) is 44.2 Å². The Morgan fingerprint density at radius 1 is 0.960 bits per heavy atom. The number of nitrogens with one attached hydrogen (secondary N) is 2. The predicted octanol–water partition coefficient (Wildman–Crippen LogP) is 4.18. The smallest absolute Gasteiger partial charge is 0.249 e. The van der Waals surface area contributed by atoms with Crippen LogP contribution in [0.1, 0.15) is 28.4 Å². The van der Waals surface area contributed by atoms with Gasteiger partial charge in [-0.05, 0) is 56.2 Å². The van der Waals surface area contributed by atoms with Crippen molar-refractivity contribution in [2.45, 2.75) is 20.8 Å². The number of carbonyl (C=O) groups is 1. The summed E-state index contributed by atoms with van der Waals surface area (Å²) >= 11 is 0. The number of ketones is 1. The number of para-hydroxylation sites is 1. The van der Waals surface area contributed by atoms with Gasteiger partial charge in [-0.3, -0.25) is 4.79 Å². The molecule has 0 fully saturated rings. The first-order chi connectivity index (χ1) is 12.0. The van der Waals surface area contributed by atoms with E-state index in [2.05, 4.69) is 25.8 Å². The van der Waals surface area contributed by atoms with Gasteiger partial charge in [0.1, 0.15) is 0 Å². The van der Waals surface area contributed by atoms with Crippen molar-refractivity contribution in [2.75, 3.05) is 10.6 Å². The standard InChI is InChI=1S/C19H19N5O/c1-12-5-4-6-13(2)18(12)23-19-22-17(11-20-24-19)21-16-9-7-15(8-10-16)14(3)25/h4-11H,1-3H3,(H2,21,22,23,24). The second-order valence-corrected chi connectivity index (χ2v) is 5.82. The lowest BCUT2D eigenvalue weighted by atomic mass is 10.1. The summed E-state index contributed by atoms with van der Waals surface area (Å²) in [5.74, 6) is 1.03. The number of benzene rings is 2. The molecular formula is C19H19N5O. The molecule has 1 aromatic heterocycles. The third-order valence-corrected chi connectivity index (χ3v) is 3.84. The van der Waals surface area contributed by atoms with E-state index in [4.69, 9.17) is 0 Å². The molecule has 0 atom stereocenters. The summed E-state index contributed by atoms with van der Waals surface area (Å²) in [6.07, 6.45) is 1.55. The highest BCUT2D eigenvalue weighted by atomic mass is 16.1. The lowest BCUT2D eigenvalue weighted by Gasteiger charge is -2.12. The Labute approximate surface area is 146 Å². The van der Waals surface area contributed by atoms with Gasteiger partial charge in [0.15, 0.2) is 11.6 Å². The highest BCUT2D eigenvalue weighted by Gasteiger charge is 2.06. The Kier molecular flexibility index (Phi) is 4.70. The third kappa shape index (κ3) is 3.98. The number of Topliss-reactive ketones (excluding diaryl/α,β-unsaturated/α-hetero) is 1. The number of hydrogen-bond donors (Lipinski definition) is 2. The minimum absolute atomic E-state index is 0.0374. The summed E-state index contributed by atoms with van der Waals surface area (Å²) in [6.45, 7) is 5.60. The average Bonchev–Trinajstić information content (AvgIpc) is 2.59. The second kappa shape index (κ2) is 7.09. The fourth-order valence-corrected chi connectivity index (χ4v) is 2.48. The highest BCUT2D eigenvalue weighted by Crippen LogP contribution is 2.23. The molecule has 2 aromatic carbocycles. The molecule has 0 saturated carbocycles. The summed E-state index contributed by atoms with van der Waals surface area (Å²) in [4.78, 5) is 15.8. The molecule has 0 radical (unpaired) electrons. The number of rotatable bonds is 5. The van der Waals surface area contributed by atoms with Crippen LogP contribution in [0.3, 0.4) is 0 Å². The minimum atomic E-state index is 0.0374. The van der Waals surface area contributed by atoms with Gasteiger partial charge in [-0.25, -0.2) is 0 Å². The second-order valence-electron chi connectivity index (χ2n) is 5.82. The van der Waals surface area contributed by atoms with Crippen LogP contribution in [0.15, 0.2) is 48.7 Å². The molecule has 2 N–H and O–H groups in total. The quantitative estimate of drug-likeness (QED) is 0.682. The van der Waals surface area contributed by atoms with Crippen molar-refractivity contribution in [1.29, 1.82) is 0 Å². The van der Waals surface area contributed by atoms with Crippen molar-refractivity contribution in [2.24, 2.45) is 0 Å². The van der Waals surface area contributed by atoms with Crippen LogP contribution in [0.25, 0.3) is 0 Å². The van der Waals surface area contributed by atoms with Gasteiger partial charge in [-0.15, -0.1) is 5.10 Å². The molecule has 3 rings (SSSR count). The maximum Gasteiger partial charge on any atom is 0.249 e. The van der Waals surface area contributed by atoms with E-state index >= 15 is 0 Å². The zero-order valence-electron chi connectivity index (χ0n) is 14.4. The van der Waals surface area contributed by atoms with Crippen LogP contribution in [0.5, 0.6) is 0 Å². The fraction of sp³-hybridized carbons (Fsp3) is 0.158. The molecule has 0 spiro atoms. The molecule has 0 unspecified atom stereocenters. The van der Waals surface area contributed by atoms with E-state index in [0.717, 1.165) is 22.5 Å². The molecule has 6 nitrogen and oxygen atoms in total. The molecule has 25 heavy (non-hydrogen) atoms. The molecule has 0 aliphatic rings. The van der Waals surface area contributed by atoms with Crippen molar-refractivity contribution in [1.82, 2.24) is 15.2 Å². The first kappa shape index (κ1) is 16.6. The maximum atomic E-state index is 11.3. The first-order valence-corrected chi connectivity index (χ1v) is 7.94. The molecule has 126 valence electrons. The van der Waals surface area contributed by atoms with Gasteiger partial charge >= 0.3 is 0 Å². The van der Waals surface area contributed by atoms with Crippen LogP contribution in [0.2, 0.25) is 0 Å². The molecule has 0 aliphatic heterocycles. The highest BCUT2D eigenvalue weighted by molar-refractivity contribution is 5.94. The van der Waals surface area contributed by atoms with E-state index in [0.29, 0.717) is 17.3 Å². The van der Waals surface area contributed by atoms with Gasteiger partial charge in [0, 0.05) is 16.9 Å². The predicted molar refractivity (Wildman–Crippen MR) is 98.8 cm³/mol. The van der Waals surface area contributed by atoms with Crippen molar-refractivity contribution in [3.05, 3.63) is 65.4 Å². The van der Waals surface area contributed by atoms with Crippen LogP contribution in [-0.4, -0.2) is 21.0 Å². The average molecular weight is 333 g/mol. The van der Waals surface area contributed by atoms with E-state index in [9.17, 15) is 4.79 Å². The van der Waals surface area contributed by atoms with Crippen molar-refractivity contribution in [3.8, 4) is 0 Å². The Morgan fingerprint density at radius 2 is 1.64 bits per heavy atom. The summed E-state index contributed by atoms with van der Waals surface area (Å²) in [7, 11) is 0. The number of aromatic nitrogens is 3. The summed E-state index contributed by atoms with van der Waals surface area (Å²) < 4.78 is 0. The van der Waals surface area contributed by atoms with Crippen LogP contribution >= 0.6 is 0 Å². The van der Waals surface area contributed by atoms with Crippen LogP contribution in [-0.2, 0) is 0 Å². The van der Waals surface area contributed by atoms with Crippen molar-refractivity contribution >= 4 is 28.9 Å². The number of hydrogen-bond acceptors (Lipinski definition) is 6. The SMILES string of the molecule is CC(=O)c1ccc(Nc2cnnc(Nc3c(C)cccc3C)n2)cc1. The van der Waals surface area contributed by atoms with E-state index in [1.54, 1.807) is 25.3 Å². The topological polar surface area (TPSA) is 79.8 Å². The Morgan fingerprint density at radius 3 is 2.28 bits per heavy atom. The first-order valence-electron chi connectivity index (χ1n) is 7.94. The number of aryl methyl sites for hydroxylation is 2. The van der Waals surface area contributed by atoms with Gasteiger partial charge in [0.2, 0.25) is 5.95 Å². The van der Waals surface area contributed by atoms with Crippen LogP contribution in [0, 0.1) is 13.8 Å². The lowest BCUT2D eigenvalue weighted by molar-refractivity contribution is 0.101. The Balaban J connectivity index is 1.78. The van der Waals surface area contributed by atoms with E-state index in [1.165, 1.54) is 0 Å². The normalized spacial score (nSPS) is 10.4. The van der Waals surface area contributed by atoms with E-state index in [-0.39, 0.29) is 5.78 Å². The Bertz CT molecular complexity index is 886. The Hall–Kier alpha value is -3.28. The maximum absolute atomic E-state index is 11.3. The number of carbonyl (C=O) groups excluding carboxylic acids is 1. The molecule has 0 saturated heterocycles. The summed E-state index contributed by atoms with van der Waals surface area (Å²) in [5, 5.41) is 14.4.